The first-order chi connectivity index (χ1) is 12.5. The first-order valence-corrected chi connectivity index (χ1v) is 11.7. The van der Waals surface area contributed by atoms with Gasteiger partial charge in [-0.1, -0.05) is 18.1 Å². The molecule has 0 aromatic rings. The third-order valence-corrected chi connectivity index (χ3v) is 8.78. The molecule has 3 unspecified atom stereocenters. The Labute approximate surface area is 161 Å². The summed E-state index contributed by atoms with van der Waals surface area (Å²) < 4.78 is 37.8. The van der Waals surface area contributed by atoms with Crippen molar-refractivity contribution >= 4 is 16.1 Å². The van der Waals surface area contributed by atoms with Crippen molar-refractivity contribution in [1.82, 2.24) is 0 Å². The van der Waals surface area contributed by atoms with Gasteiger partial charge in [0.25, 0.3) is 10.1 Å². The maximum atomic E-state index is 12.7. The highest BCUT2D eigenvalue weighted by Gasteiger charge is 2.55. The van der Waals surface area contributed by atoms with E-state index in [4.69, 9.17) is 10.5 Å². The van der Waals surface area contributed by atoms with E-state index < -0.39 is 15.5 Å². The Morgan fingerprint density at radius 3 is 2.44 bits per heavy atom. The number of allylic oxidation sites excluding steroid dienone is 1. The fourth-order valence-electron chi connectivity index (χ4n) is 6.63. The zero-order valence-electron chi connectivity index (χ0n) is 16.2. The minimum Gasteiger partial charge on any atom is -0.462 e. The van der Waals surface area contributed by atoms with Gasteiger partial charge in [0.15, 0.2) is 0 Å². The van der Waals surface area contributed by atoms with Gasteiger partial charge in [0.2, 0.25) is 0 Å². The summed E-state index contributed by atoms with van der Waals surface area (Å²) in [5, 5.41) is 0. The predicted molar refractivity (Wildman–Crippen MR) is 101 cm³/mol. The molecule has 0 heterocycles. The molecule has 0 amide bonds. The SMILES string of the molecule is CC1=C(CC(=O)OC2C3CC4CC2CC(N)(C4)C3)CCC1(C)CS(=O)(=O)O. The number of carbonyl (C=O) groups is 1. The smallest absolute Gasteiger partial charge is 0.310 e. The highest BCUT2D eigenvalue weighted by molar-refractivity contribution is 7.85. The molecule has 0 aliphatic heterocycles. The van der Waals surface area contributed by atoms with Gasteiger partial charge in [-0.25, -0.2) is 0 Å². The Morgan fingerprint density at radius 1 is 1.26 bits per heavy atom. The monoisotopic (exact) mass is 397 g/mol. The quantitative estimate of drug-likeness (QED) is 0.420. The molecule has 0 aromatic carbocycles. The highest BCUT2D eigenvalue weighted by atomic mass is 32.2. The number of hydrogen-bond acceptors (Lipinski definition) is 5. The van der Waals surface area contributed by atoms with Gasteiger partial charge < -0.3 is 10.5 Å². The molecule has 27 heavy (non-hydrogen) atoms. The van der Waals surface area contributed by atoms with E-state index >= 15 is 0 Å². The lowest BCUT2D eigenvalue weighted by Gasteiger charge is -2.58. The largest absolute Gasteiger partial charge is 0.462 e. The molecule has 152 valence electrons. The van der Waals surface area contributed by atoms with E-state index in [0.717, 1.165) is 43.3 Å². The maximum Gasteiger partial charge on any atom is 0.310 e. The topological polar surface area (TPSA) is 107 Å². The van der Waals surface area contributed by atoms with Crippen LogP contribution >= 0.6 is 0 Å². The molecular weight excluding hydrogens is 366 g/mol. The summed E-state index contributed by atoms with van der Waals surface area (Å²) >= 11 is 0. The van der Waals surface area contributed by atoms with E-state index in [9.17, 15) is 17.8 Å². The third kappa shape index (κ3) is 3.70. The van der Waals surface area contributed by atoms with Crippen LogP contribution in [0.4, 0.5) is 0 Å². The van der Waals surface area contributed by atoms with Gasteiger partial charge in [0.1, 0.15) is 6.10 Å². The van der Waals surface area contributed by atoms with Crippen molar-refractivity contribution in [1.29, 1.82) is 0 Å². The molecule has 5 rings (SSSR count). The first kappa shape index (κ1) is 19.4. The van der Waals surface area contributed by atoms with Crippen molar-refractivity contribution in [3.05, 3.63) is 11.1 Å². The Balaban J connectivity index is 1.41. The Morgan fingerprint density at radius 2 is 1.89 bits per heavy atom. The van der Waals surface area contributed by atoms with Crippen LogP contribution < -0.4 is 5.73 Å². The lowest BCUT2D eigenvalue weighted by Crippen LogP contribution is -2.61. The standard InChI is InChI=1S/C20H31NO5S/c1-12-14(3-4-19(12,2)11-27(23,24)25)7-17(22)26-18-15-5-13-6-16(18)10-20(21,8-13)9-15/h13,15-16,18H,3-11,21H2,1-2H3,(H,23,24,25). The molecule has 3 N–H and O–H groups in total. The molecule has 3 atom stereocenters. The van der Waals surface area contributed by atoms with E-state index in [-0.39, 0.29) is 29.8 Å². The van der Waals surface area contributed by atoms with E-state index in [2.05, 4.69) is 0 Å². The summed E-state index contributed by atoms with van der Waals surface area (Å²) in [6.45, 7) is 3.72. The molecule has 5 aliphatic carbocycles. The fourth-order valence-corrected chi connectivity index (χ4v) is 7.80. The number of rotatable bonds is 5. The van der Waals surface area contributed by atoms with Gasteiger partial charge in [-0.3, -0.25) is 9.35 Å². The van der Waals surface area contributed by atoms with Crippen LogP contribution in [0.25, 0.3) is 0 Å². The van der Waals surface area contributed by atoms with Crippen LogP contribution in [0.2, 0.25) is 0 Å². The van der Waals surface area contributed by atoms with Crippen LogP contribution in [0.15, 0.2) is 11.1 Å². The maximum absolute atomic E-state index is 12.7. The van der Waals surface area contributed by atoms with Crippen molar-refractivity contribution in [3.63, 3.8) is 0 Å². The van der Waals surface area contributed by atoms with Crippen LogP contribution in [-0.2, 0) is 19.6 Å². The van der Waals surface area contributed by atoms with Gasteiger partial charge in [-0.05, 0) is 69.6 Å². The van der Waals surface area contributed by atoms with Crippen molar-refractivity contribution < 1.29 is 22.5 Å². The zero-order chi connectivity index (χ0) is 19.6. The molecule has 4 saturated carbocycles. The second-order valence-corrected chi connectivity index (χ2v) is 11.4. The second-order valence-electron chi connectivity index (χ2n) is 9.98. The number of esters is 1. The predicted octanol–water partition coefficient (Wildman–Crippen LogP) is 2.83. The first-order valence-electron chi connectivity index (χ1n) is 10.1. The van der Waals surface area contributed by atoms with Crippen molar-refractivity contribution in [2.45, 2.75) is 76.9 Å². The lowest BCUT2D eigenvalue weighted by atomic mass is 9.52. The van der Waals surface area contributed by atoms with E-state index in [1.54, 1.807) is 0 Å². The Bertz CT molecular complexity index is 772. The molecule has 4 bridgehead atoms. The molecule has 4 fully saturated rings. The fraction of sp³-hybridized carbons (Fsp3) is 0.850. The van der Waals surface area contributed by atoms with E-state index in [1.807, 2.05) is 13.8 Å². The van der Waals surface area contributed by atoms with Gasteiger partial charge >= 0.3 is 5.97 Å². The average molecular weight is 398 g/mol. The van der Waals surface area contributed by atoms with Gasteiger partial charge in [0, 0.05) is 11.0 Å². The molecule has 5 aliphatic rings. The summed E-state index contributed by atoms with van der Waals surface area (Å²) in [5.74, 6) is 0.992. The average Bonchev–Trinajstić information content (AvgIpc) is 2.75. The summed E-state index contributed by atoms with van der Waals surface area (Å²) in [4.78, 5) is 12.7. The lowest BCUT2D eigenvalue weighted by molar-refractivity contribution is -0.171. The van der Waals surface area contributed by atoms with Crippen molar-refractivity contribution in [3.8, 4) is 0 Å². The number of hydrogen-bond donors (Lipinski definition) is 2. The van der Waals surface area contributed by atoms with Crippen molar-refractivity contribution in [2.24, 2.45) is 28.9 Å². The van der Waals surface area contributed by atoms with Crippen molar-refractivity contribution in [2.75, 3.05) is 5.75 Å². The summed E-state index contributed by atoms with van der Waals surface area (Å²) in [6, 6.07) is 0. The van der Waals surface area contributed by atoms with Crippen LogP contribution in [0.1, 0.15) is 65.2 Å². The summed E-state index contributed by atoms with van der Waals surface area (Å²) in [7, 11) is -4.05. The van der Waals surface area contributed by atoms with Gasteiger partial charge in [0.05, 0.1) is 12.2 Å². The molecule has 7 heteroatoms. The molecule has 0 radical (unpaired) electrons. The number of ether oxygens (including phenoxy) is 1. The highest BCUT2D eigenvalue weighted by Crippen LogP contribution is 2.55. The minimum absolute atomic E-state index is 0.00256. The van der Waals surface area contributed by atoms with Gasteiger partial charge in [-0.15, -0.1) is 0 Å². The Hall–Kier alpha value is -0.920. The Kier molecular flexibility index (Phi) is 4.52. The molecule has 6 nitrogen and oxygen atoms in total. The van der Waals surface area contributed by atoms with Gasteiger partial charge in [-0.2, -0.15) is 8.42 Å². The molecule has 0 spiro atoms. The van der Waals surface area contributed by atoms with Crippen LogP contribution in [-0.4, -0.2) is 36.3 Å². The summed E-state index contributed by atoms with van der Waals surface area (Å²) in [5.41, 5.74) is 7.76. The molecule has 0 saturated heterocycles. The number of carbonyl (C=O) groups excluding carboxylic acids is 1. The normalized spacial score (nSPS) is 43.4. The molecule has 0 aromatic heterocycles. The van der Waals surface area contributed by atoms with E-state index in [1.165, 1.54) is 0 Å². The minimum atomic E-state index is -4.05. The van der Waals surface area contributed by atoms with E-state index in [0.29, 0.717) is 30.6 Å². The zero-order valence-corrected chi connectivity index (χ0v) is 17.1. The van der Waals surface area contributed by atoms with Crippen LogP contribution in [0, 0.1) is 23.2 Å². The van der Waals surface area contributed by atoms with Crippen LogP contribution in [0.5, 0.6) is 0 Å². The second kappa shape index (κ2) is 6.29. The molecular formula is C20H31NO5S. The summed E-state index contributed by atoms with van der Waals surface area (Å²) in [6.07, 6.45) is 6.84. The number of nitrogens with two attached hydrogens (primary N) is 1. The van der Waals surface area contributed by atoms with Crippen LogP contribution in [0.3, 0.4) is 0 Å². The third-order valence-electron chi connectivity index (χ3n) is 7.77.